The number of benzene rings is 1. The summed E-state index contributed by atoms with van der Waals surface area (Å²) in [5.74, 6) is 0.740. The quantitative estimate of drug-likeness (QED) is 0.736. The Labute approximate surface area is 188 Å². The van der Waals surface area contributed by atoms with E-state index in [-0.39, 0.29) is 30.4 Å². The molecule has 2 atom stereocenters. The molecular formula is C24H31N3O5. The first-order chi connectivity index (χ1) is 15.4. The Morgan fingerprint density at radius 1 is 1.16 bits per heavy atom. The highest BCUT2D eigenvalue weighted by molar-refractivity contribution is 5.78. The van der Waals surface area contributed by atoms with Gasteiger partial charge in [0.05, 0.1) is 19.8 Å². The minimum absolute atomic E-state index is 0.0153. The van der Waals surface area contributed by atoms with Gasteiger partial charge >= 0.3 is 6.01 Å². The molecule has 2 heterocycles. The van der Waals surface area contributed by atoms with E-state index in [0.29, 0.717) is 24.5 Å². The number of ether oxygens (including phenoxy) is 3. The predicted molar refractivity (Wildman–Crippen MR) is 118 cm³/mol. The molecule has 1 aliphatic carbocycles. The normalized spacial score (nSPS) is 24.7. The van der Waals surface area contributed by atoms with Crippen molar-refractivity contribution in [1.29, 1.82) is 0 Å². The number of fused-ring (bicyclic) bond motifs is 2. The Kier molecular flexibility index (Phi) is 6.24. The summed E-state index contributed by atoms with van der Waals surface area (Å²) >= 11 is 0. The van der Waals surface area contributed by atoms with E-state index in [1.165, 1.54) is 14.2 Å². The van der Waals surface area contributed by atoms with E-state index < -0.39 is 5.60 Å². The number of likely N-dealkylation sites (tertiary alicyclic amines) is 1. The summed E-state index contributed by atoms with van der Waals surface area (Å²) in [6.07, 6.45) is 4.23. The monoisotopic (exact) mass is 441 g/mol. The summed E-state index contributed by atoms with van der Waals surface area (Å²) in [7, 11) is 3.01. The number of piperidine rings is 1. The Morgan fingerprint density at radius 2 is 1.81 bits per heavy atom. The molecule has 1 N–H and O–H groups in total. The van der Waals surface area contributed by atoms with Crippen LogP contribution in [0.4, 0.5) is 0 Å². The average molecular weight is 442 g/mol. The Balaban J connectivity index is 1.53. The van der Waals surface area contributed by atoms with E-state index in [9.17, 15) is 9.90 Å². The number of carbonyl (C=O) groups excluding carboxylic acids is 1. The molecule has 1 aliphatic heterocycles. The number of hydrogen-bond acceptors (Lipinski definition) is 7. The van der Waals surface area contributed by atoms with Crippen molar-refractivity contribution in [2.24, 2.45) is 11.8 Å². The fourth-order valence-corrected chi connectivity index (χ4v) is 5.23. The number of aromatic nitrogens is 2. The number of aryl methyl sites for hydroxylation is 2. The molecule has 8 nitrogen and oxygen atoms in total. The molecule has 2 bridgehead atoms. The second-order valence-corrected chi connectivity index (χ2v) is 8.74. The van der Waals surface area contributed by atoms with Gasteiger partial charge in [-0.25, -0.2) is 4.98 Å². The van der Waals surface area contributed by atoms with Crippen LogP contribution in [0.1, 0.15) is 36.0 Å². The molecule has 1 amide bonds. The molecule has 8 heteroatoms. The Hall–Kier alpha value is -2.87. The average Bonchev–Trinajstić information content (AvgIpc) is 2.77. The van der Waals surface area contributed by atoms with Crippen molar-refractivity contribution in [3.05, 3.63) is 41.1 Å². The lowest BCUT2D eigenvalue weighted by Crippen LogP contribution is -2.60. The van der Waals surface area contributed by atoms with E-state index in [4.69, 9.17) is 14.2 Å². The predicted octanol–water partition coefficient (Wildman–Crippen LogP) is 2.64. The number of aliphatic hydroxyl groups is 1. The van der Waals surface area contributed by atoms with Gasteiger partial charge in [0, 0.05) is 31.1 Å². The lowest BCUT2D eigenvalue weighted by Gasteiger charge is -2.53. The van der Waals surface area contributed by atoms with Gasteiger partial charge < -0.3 is 24.2 Å². The summed E-state index contributed by atoms with van der Waals surface area (Å²) in [4.78, 5) is 23.3. The van der Waals surface area contributed by atoms with E-state index in [0.717, 1.165) is 36.1 Å². The van der Waals surface area contributed by atoms with Gasteiger partial charge in [-0.1, -0.05) is 24.6 Å². The van der Waals surface area contributed by atoms with Crippen molar-refractivity contribution >= 4 is 5.91 Å². The first-order valence-electron chi connectivity index (χ1n) is 11.0. The van der Waals surface area contributed by atoms with Crippen LogP contribution in [0.2, 0.25) is 0 Å². The minimum Gasteiger partial charge on any atom is -0.483 e. The topological polar surface area (TPSA) is 94.0 Å². The van der Waals surface area contributed by atoms with Gasteiger partial charge in [-0.05, 0) is 37.8 Å². The van der Waals surface area contributed by atoms with Crippen LogP contribution in [0.5, 0.6) is 17.6 Å². The highest BCUT2D eigenvalue weighted by Gasteiger charge is 2.54. The van der Waals surface area contributed by atoms with Gasteiger partial charge in [0.2, 0.25) is 5.88 Å². The molecule has 1 aromatic carbocycles. The van der Waals surface area contributed by atoms with Crippen molar-refractivity contribution in [1.82, 2.24) is 14.9 Å². The zero-order chi connectivity index (χ0) is 22.9. The van der Waals surface area contributed by atoms with Gasteiger partial charge in [-0.3, -0.25) is 4.79 Å². The third kappa shape index (κ3) is 3.88. The van der Waals surface area contributed by atoms with Crippen LogP contribution in [-0.2, 0) is 10.4 Å². The Morgan fingerprint density at radius 3 is 2.41 bits per heavy atom. The molecule has 2 aromatic rings. The third-order valence-electron chi connectivity index (χ3n) is 6.87. The van der Waals surface area contributed by atoms with Crippen molar-refractivity contribution in [2.45, 2.75) is 38.7 Å². The SMILES string of the molecule is COc1ncc(C2(O)[C@@H]3CCC[C@@H]2CN(C(=O)COc2c(C)cccc2C)C3)c(OC)n1. The molecule has 2 fully saturated rings. The number of nitrogens with zero attached hydrogens (tertiary/aromatic N) is 3. The van der Waals surface area contributed by atoms with Gasteiger partial charge in [0.25, 0.3) is 5.91 Å². The highest BCUT2D eigenvalue weighted by Crippen LogP contribution is 2.51. The lowest BCUT2D eigenvalue weighted by molar-refractivity contribution is -0.165. The molecule has 32 heavy (non-hydrogen) atoms. The van der Waals surface area contributed by atoms with Crippen LogP contribution in [0.3, 0.4) is 0 Å². The zero-order valence-corrected chi connectivity index (χ0v) is 19.1. The van der Waals surface area contributed by atoms with Gasteiger partial charge in [0.15, 0.2) is 6.61 Å². The van der Waals surface area contributed by atoms with Crippen molar-refractivity contribution < 1.29 is 24.1 Å². The fraction of sp³-hybridized carbons (Fsp3) is 0.542. The molecule has 0 unspecified atom stereocenters. The van der Waals surface area contributed by atoms with Crippen LogP contribution in [-0.4, -0.2) is 59.8 Å². The highest BCUT2D eigenvalue weighted by atomic mass is 16.5. The van der Waals surface area contributed by atoms with Gasteiger partial charge in [-0.2, -0.15) is 4.98 Å². The number of carbonyl (C=O) groups is 1. The molecule has 2 aliphatic rings. The first-order valence-corrected chi connectivity index (χ1v) is 11.0. The minimum atomic E-state index is -1.15. The summed E-state index contributed by atoms with van der Waals surface area (Å²) < 4.78 is 16.5. The Bertz CT molecular complexity index is 961. The zero-order valence-electron chi connectivity index (χ0n) is 19.1. The van der Waals surface area contributed by atoms with E-state index in [1.54, 1.807) is 6.20 Å². The van der Waals surface area contributed by atoms with E-state index >= 15 is 0 Å². The number of hydrogen-bond donors (Lipinski definition) is 1. The maximum Gasteiger partial charge on any atom is 0.319 e. The van der Waals surface area contributed by atoms with Crippen LogP contribution in [0.15, 0.2) is 24.4 Å². The second-order valence-electron chi connectivity index (χ2n) is 8.74. The summed E-state index contributed by atoms with van der Waals surface area (Å²) in [5, 5.41) is 11.9. The standard InChI is InChI=1S/C24H31N3O5/c1-15-7-5-8-16(2)21(15)32-14-20(28)27-12-17-9-6-10-18(13-27)24(17,29)19-11-25-23(31-4)26-22(19)30-3/h5,7-8,11,17-18,29H,6,9-10,12-14H2,1-4H3/t17-,18-/m1/s1. The lowest BCUT2D eigenvalue weighted by atomic mass is 9.63. The van der Waals surface area contributed by atoms with Gasteiger partial charge in [0.1, 0.15) is 11.4 Å². The molecule has 4 rings (SSSR count). The van der Waals surface area contributed by atoms with Crippen LogP contribution >= 0.6 is 0 Å². The molecule has 1 saturated heterocycles. The van der Waals surface area contributed by atoms with Crippen LogP contribution in [0.25, 0.3) is 0 Å². The number of methoxy groups -OCH3 is 2. The van der Waals surface area contributed by atoms with Crippen molar-refractivity contribution in [2.75, 3.05) is 33.9 Å². The maximum atomic E-state index is 13.0. The van der Waals surface area contributed by atoms with Crippen LogP contribution in [0, 0.1) is 25.7 Å². The third-order valence-corrected chi connectivity index (χ3v) is 6.87. The molecule has 0 radical (unpaired) electrons. The van der Waals surface area contributed by atoms with E-state index in [1.807, 2.05) is 36.9 Å². The summed E-state index contributed by atoms with van der Waals surface area (Å²) in [5.41, 5.74) is 1.43. The number of para-hydroxylation sites is 1. The molecule has 0 spiro atoms. The molecular weight excluding hydrogens is 410 g/mol. The fourth-order valence-electron chi connectivity index (χ4n) is 5.23. The summed E-state index contributed by atoms with van der Waals surface area (Å²) in [6, 6.07) is 6.12. The largest absolute Gasteiger partial charge is 0.483 e. The van der Waals surface area contributed by atoms with Crippen molar-refractivity contribution in [3.8, 4) is 17.6 Å². The maximum absolute atomic E-state index is 13.0. The smallest absolute Gasteiger partial charge is 0.319 e. The molecule has 1 aromatic heterocycles. The molecule has 172 valence electrons. The number of rotatable bonds is 6. The summed E-state index contributed by atoms with van der Waals surface area (Å²) in [6.45, 7) is 4.85. The number of amides is 1. The first kappa shape index (κ1) is 22.3. The van der Waals surface area contributed by atoms with Crippen molar-refractivity contribution in [3.63, 3.8) is 0 Å². The molecule has 1 saturated carbocycles. The van der Waals surface area contributed by atoms with Crippen LogP contribution < -0.4 is 14.2 Å². The van der Waals surface area contributed by atoms with Gasteiger partial charge in [-0.15, -0.1) is 0 Å². The second kappa shape index (κ2) is 8.94. The van der Waals surface area contributed by atoms with E-state index in [2.05, 4.69) is 9.97 Å².